The number of rotatable bonds is 7. The summed E-state index contributed by atoms with van der Waals surface area (Å²) in [7, 11) is -3.16. The van der Waals surface area contributed by atoms with Crippen molar-refractivity contribution in [3.63, 3.8) is 0 Å². The van der Waals surface area contributed by atoms with Gasteiger partial charge in [-0.25, -0.2) is 12.7 Å². The van der Waals surface area contributed by atoms with Crippen molar-refractivity contribution in [1.82, 2.24) is 14.6 Å². The molecule has 1 fully saturated rings. The van der Waals surface area contributed by atoms with Gasteiger partial charge in [0.2, 0.25) is 15.9 Å². The van der Waals surface area contributed by atoms with Crippen molar-refractivity contribution < 1.29 is 13.2 Å². The molecule has 2 heterocycles. The average molecular weight is 425 g/mol. The molecule has 1 aliphatic rings. The molecule has 0 atom stereocenters. The number of hydrogen-bond acceptors (Lipinski definition) is 5. The van der Waals surface area contributed by atoms with Crippen molar-refractivity contribution in [2.45, 2.75) is 19.3 Å². The van der Waals surface area contributed by atoms with Gasteiger partial charge in [0.05, 0.1) is 11.8 Å². The molecule has 3 rings (SSSR count). The predicted octanol–water partition coefficient (Wildman–Crippen LogP) is 2.48. The summed E-state index contributed by atoms with van der Waals surface area (Å²) in [6.07, 6.45) is 4.88. The predicted molar refractivity (Wildman–Crippen MR) is 112 cm³/mol. The molecule has 0 radical (unpaired) electrons. The molecule has 1 aliphatic heterocycles. The lowest BCUT2D eigenvalue weighted by molar-refractivity contribution is -0.126. The summed E-state index contributed by atoms with van der Waals surface area (Å²) in [4.78, 5) is 16.6. The molecule has 0 aliphatic carbocycles. The van der Waals surface area contributed by atoms with E-state index in [1.54, 1.807) is 6.20 Å². The Balaban J connectivity index is 1.40. The monoisotopic (exact) mass is 424 g/mol. The van der Waals surface area contributed by atoms with E-state index >= 15 is 0 Å². The van der Waals surface area contributed by atoms with Gasteiger partial charge in [0, 0.05) is 54.4 Å². The number of piperidine rings is 1. The van der Waals surface area contributed by atoms with Gasteiger partial charge in [-0.15, -0.1) is 0 Å². The summed E-state index contributed by atoms with van der Waals surface area (Å²) in [6, 6.07) is 7.53. The van der Waals surface area contributed by atoms with Crippen LogP contribution in [-0.2, 0) is 14.8 Å². The molecule has 2 N–H and O–H groups in total. The van der Waals surface area contributed by atoms with E-state index in [4.69, 9.17) is 11.6 Å². The maximum absolute atomic E-state index is 12.3. The molecule has 0 spiro atoms. The third kappa shape index (κ3) is 5.33. The number of aromatic nitrogens is 1. The highest BCUT2D eigenvalue weighted by Crippen LogP contribution is 2.24. The smallest absolute Gasteiger partial charge is 0.223 e. The van der Waals surface area contributed by atoms with Crippen LogP contribution in [0.25, 0.3) is 10.9 Å². The Morgan fingerprint density at radius 2 is 2.00 bits per heavy atom. The van der Waals surface area contributed by atoms with Crippen LogP contribution in [0.15, 0.2) is 30.5 Å². The van der Waals surface area contributed by atoms with Gasteiger partial charge in [0.25, 0.3) is 0 Å². The number of sulfonamides is 1. The fourth-order valence-corrected chi connectivity index (χ4v) is 4.43. The Bertz CT molecular complexity index is 943. The molecule has 1 saturated heterocycles. The Kier molecular flexibility index (Phi) is 6.74. The number of halogens is 1. The van der Waals surface area contributed by atoms with E-state index in [1.165, 1.54) is 10.6 Å². The van der Waals surface area contributed by atoms with Crippen LogP contribution < -0.4 is 10.6 Å². The standard InChI is InChI=1S/C19H25ClN4O3S/c1-28(26,27)24-11-6-14(7-12-24)19(25)23-9-2-8-21-17-5-10-22-18-13-15(20)3-4-16(17)18/h3-5,10,13-14H,2,6-9,11-12H2,1H3,(H,21,22)(H,23,25). The number of benzene rings is 1. The summed E-state index contributed by atoms with van der Waals surface area (Å²) >= 11 is 6.01. The number of fused-ring (bicyclic) bond motifs is 1. The van der Waals surface area contributed by atoms with Crippen molar-refractivity contribution in [2.75, 3.05) is 37.8 Å². The molecular formula is C19H25ClN4O3S. The van der Waals surface area contributed by atoms with Crippen molar-refractivity contribution in [2.24, 2.45) is 5.92 Å². The van der Waals surface area contributed by atoms with Gasteiger partial charge < -0.3 is 10.6 Å². The number of pyridine rings is 1. The second-order valence-electron chi connectivity index (χ2n) is 7.03. The second kappa shape index (κ2) is 9.07. The normalized spacial score (nSPS) is 16.2. The molecule has 1 amide bonds. The summed E-state index contributed by atoms with van der Waals surface area (Å²) in [5.74, 6) is -0.1000. The first kappa shape index (κ1) is 20.8. The number of nitrogens with one attached hydrogen (secondary N) is 2. The molecule has 2 aromatic rings. The minimum absolute atomic E-state index is 0.0113. The van der Waals surface area contributed by atoms with Crippen LogP contribution in [0, 0.1) is 5.92 Å². The van der Waals surface area contributed by atoms with Crippen LogP contribution in [-0.4, -0.2) is 56.0 Å². The van der Waals surface area contributed by atoms with Crippen LogP contribution in [0.1, 0.15) is 19.3 Å². The molecule has 0 saturated carbocycles. The lowest BCUT2D eigenvalue weighted by Gasteiger charge is -2.29. The molecule has 0 bridgehead atoms. The average Bonchev–Trinajstić information content (AvgIpc) is 2.66. The zero-order valence-electron chi connectivity index (χ0n) is 15.8. The molecular weight excluding hydrogens is 400 g/mol. The third-order valence-electron chi connectivity index (χ3n) is 4.97. The van der Waals surface area contributed by atoms with Crippen LogP contribution in [0.3, 0.4) is 0 Å². The summed E-state index contributed by atoms with van der Waals surface area (Å²) < 4.78 is 24.5. The zero-order chi connectivity index (χ0) is 20.1. The number of carbonyl (C=O) groups excluding carboxylic acids is 1. The molecule has 28 heavy (non-hydrogen) atoms. The van der Waals surface area contributed by atoms with E-state index in [1.807, 2.05) is 24.3 Å². The molecule has 0 unspecified atom stereocenters. The maximum Gasteiger partial charge on any atom is 0.223 e. The first-order valence-electron chi connectivity index (χ1n) is 9.35. The Morgan fingerprint density at radius 3 is 2.71 bits per heavy atom. The van der Waals surface area contributed by atoms with E-state index in [9.17, 15) is 13.2 Å². The van der Waals surface area contributed by atoms with E-state index < -0.39 is 10.0 Å². The van der Waals surface area contributed by atoms with Crippen molar-refractivity contribution in [3.05, 3.63) is 35.5 Å². The Morgan fingerprint density at radius 1 is 1.25 bits per heavy atom. The number of amides is 1. The number of carbonyl (C=O) groups is 1. The summed E-state index contributed by atoms with van der Waals surface area (Å²) in [5.41, 5.74) is 1.83. The van der Waals surface area contributed by atoms with Gasteiger partial charge in [0.1, 0.15) is 0 Å². The first-order valence-corrected chi connectivity index (χ1v) is 11.6. The fraction of sp³-hybridized carbons (Fsp3) is 0.474. The van der Waals surface area contributed by atoms with Crippen LogP contribution in [0.4, 0.5) is 5.69 Å². The van der Waals surface area contributed by atoms with Crippen LogP contribution in [0.2, 0.25) is 5.02 Å². The van der Waals surface area contributed by atoms with E-state index in [2.05, 4.69) is 15.6 Å². The van der Waals surface area contributed by atoms with Crippen molar-refractivity contribution in [1.29, 1.82) is 0 Å². The van der Waals surface area contributed by atoms with Crippen molar-refractivity contribution >= 4 is 44.1 Å². The SMILES string of the molecule is CS(=O)(=O)N1CCC(C(=O)NCCCNc2ccnc3cc(Cl)ccc23)CC1. The van der Waals surface area contributed by atoms with E-state index in [-0.39, 0.29) is 11.8 Å². The zero-order valence-corrected chi connectivity index (χ0v) is 17.4. The summed E-state index contributed by atoms with van der Waals surface area (Å²) in [5, 5.41) is 8.00. The minimum Gasteiger partial charge on any atom is -0.384 e. The molecule has 1 aromatic heterocycles. The fourth-order valence-electron chi connectivity index (χ4n) is 3.39. The lowest BCUT2D eigenvalue weighted by atomic mass is 9.97. The van der Waals surface area contributed by atoms with Crippen LogP contribution >= 0.6 is 11.6 Å². The molecule has 7 nitrogen and oxygen atoms in total. The maximum atomic E-state index is 12.3. The molecule has 1 aromatic carbocycles. The van der Waals surface area contributed by atoms with E-state index in [0.717, 1.165) is 23.0 Å². The minimum atomic E-state index is -3.16. The highest BCUT2D eigenvalue weighted by molar-refractivity contribution is 7.88. The number of hydrogen-bond donors (Lipinski definition) is 2. The highest BCUT2D eigenvalue weighted by atomic mass is 35.5. The van der Waals surface area contributed by atoms with Crippen LogP contribution in [0.5, 0.6) is 0 Å². The van der Waals surface area contributed by atoms with Gasteiger partial charge in [0.15, 0.2) is 0 Å². The quantitative estimate of drug-likeness (QED) is 0.666. The van der Waals surface area contributed by atoms with Crippen molar-refractivity contribution in [3.8, 4) is 0 Å². The first-order chi connectivity index (χ1) is 13.3. The van der Waals surface area contributed by atoms with Gasteiger partial charge in [-0.2, -0.15) is 0 Å². The van der Waals surface area contributed by atoms with Gasteiger partial charge in [-0.1, -0.05) is 11.6 Å². The number of anilines is 1. The topological polar surface area (TPSA) is 91.4 Å². The van der Waals surface area contributed by atoms with Gasteiger partial charge >= 0.3 is 0 Å². The molecule has 9 heteroatoms. The lowest BCUT2D eigenvalue weighted by Crippen LogP contribution is -2.42. The number of nitrogens with zero attached hydrogens (tertiary/aromatic N) is 2. The third-order valence-corrected chi connectivity index (χ3v) is 6.51. The molecule has 152 valence electrons. The van der Waals surface area contributed by atoms with Gasteiger partial charge in [-0.05, 0) is 43.5 Å². The Hall–Kier alpha value is -1.90. The van der Waals surface area contributed by atoms with E-state index in [0.29, 0.717) is 44.0 Å². The highest BCUT2D eigenvalue weighted by Gasteiger charge is 2.28. The van der Waals surface area contributed by atoms with Gasteiger partial charge in [-0.3, -0.25) is 9.78 Å². The Labute approximate surface area is 170 Å². The largest absolute Gasteiger partial charge is 0.384 e. The summed E-state index contributed by atoms with van der Waals surface area (Å²) in [6.45, 7) is 2.12. The second-order valence-corrected chi connectivity index (χ2v) is 9.45.